The first-order chi connectivity index (χ1) is 11.8. The molecule has 1 saturated heterocycles. The van der Waals surface area contributed by atoms with Gasteiger partial charge in [0.2, 0.25) is 0 Å². The Morgan fingerprint density at radius 1 is 1.32 bits per heavy atom. The molecule has 1 aromatic rings. The average molecular weight is 362 g/mol. The lowest BCUT2D eigenvalue weighted by Gasteiger charge is -2.29. The van der Waals surface area contributed by atoms with Gasteiger partial charge >= 0.3 is 5.97 Å². The molecule has 0 saturated carbocycles. The second-order valence-electron chi connectivity index (χ2n) is 7.69. The number of phenols is 1. The number of carbonyl (C=O) groups excluding carboxylic acids is 1. The highest BCUT2D eigenvalue weighted by Crippen LogP contribution is 2.35. The standard InChI is InChI=1S/C19H26N2O3S/c1-19(2,3)24-18(23)15-10-9-14(21(15)4)13-11-25-17(20-13)12-7-5-6-8-16(12)22/h5-8,13-15,22H,9-11H2,1-4H3/t13-,14-,15+/m0/s1. The number of hydrogen-bond donors (Lipinski definition) is 1. The number of likely N-dealkylation sites (N-methyl/N-ethyl adjacent to an activating group) is 1. The fourth-order valence-corrected chi connectivity index (χ4v) is 4.64. The summed E-state index contributed by atoms with van der Waals surface area (Å²) in [6, 6.07) is 7.47. The quantitative estimate of drug-likeness (QED) is 0.838. The number of benzene rings is 1. The molecule has 3 atom stereocenters. The molecule has 2 aliphatic heterocycles. The van der Waals surface area contributed by atoms with Gasteiger partial charge in [-0.2, -0.15) is 0 Å². The fourth-order valence-electron chi connectivity index (χ4n) is 3.47. The van der Waals surface area contributed by atoms with Crippen LogP contribution in [0.4, 0.5) is 0 Å². The van der Waals surface area contributed by atoms with Gasteiger partial charge < -0.3 is 9.84 Å². The van der Waals surface area contributed by atoms with Crippen molar-refractivity contribution in [3.63, 3.8) is 0 Å². The minimum atomic E-state index is -0.463. The van der Waals surface area contributed by atoms with Gasteiger partial charge in [0, 0.05) is 17.4 Å². The van der Waals surface area contributed by atoms with Crippen molar-refractivity contribution in [2.75, 3.05) is 12.8 Å². The number of esters is 1. The van der Waals surface area contributed by atoms with E-state index in [-0.39, 0.29) is 29.8 Å². The van der Waals surface area contributed by atoms with E-state index in [0.717, 1.165) is 29.2 Å². The smallest absolute Gasteiger partial charge is 0.323 e. The first kappa shape index (κ1) is 18.3. The molecule has 1 aromatic carbocycles. The Bertz CT molecular complexity index is 683. The van der Waals surface area contributed by atoms with Crippen molar-refractivity contribution in [2.24, 2.45) is 4.99 Å². The molecule has 1 N–H and O–H groups in total. The van der Waals surface area contributed by atoms with E-state index in [4.69, 9.17) is 9.73 Å². The molecule has 2 heterocycles. The number of ether oxygens (including phenoxy) is 1. The number of para-hydroxylation sites is 1. The van der Waals surface area contributed by atoms with Crippen LogP contribution in [-0.2, 0) is 9.53 Å². The summed E-state index contributed by atoms with van der Waals surface area (Å²) in [5.74, 6) is 0.994. The van der Waals surface area contributed by atoms with E-state index in [0.29, 0.717) is 0 Å². The van der Waals surface area contributed by atoms with E-state index in [1.54, 1.807) is 17.8 Å². The van der Waals surface area contributed by atoms with Gasteiger partial charge in [-0.3, -0.25) is 14.7 Å². The molecule has 25 heavy (non-hydrogen) atoms. The van der Waals surface area contributed by atoms with Gasteiger partial charge in [0.05, 0.1) is 6.04 Å². The van der Waals surface area contributed by atoms with Crippen LogP contribution in [0, 0.1) is 0 Å². The summed E-state index contributed by atoms with van der Waals surface area (Å²) in [6.07, 6.45) is 1.74. The minimum absolute atomic E-state index is 0.136. The zero-order chi connectivity index (χ0) is 18.2. The van der Waals surface area contributed by atoms with Crippen molar-refractivity contribution >= 4 is 22.8 Å². The number of nitrogens with zero attached hydrogens (tertiary/aromatic N) is 2. The molecule has 0 bridgehead atoms. The highest BCUT2D eigenvalue weighted by atomic mass is 32.2. The Hall–Kier alpha value is -1.53. The van der Waals surface area contributed by atoms with E-state index in [1.165, 1.54) is 0 Å². The zero-order valence-corrected chi connectivity index (χ0v) is 16.0. The van der Waals surface area contributed by atoms with Crippen molar-refractivity contribution in [1.82, 2.24) is 4.90 Å². The largest absolute Gasteiger partial charge is 0.507 e. The van der Waals surface area contributed by atoms with Gasteiger partial charge in [-0.05, 0) is 52.8 Å². The molecular formula is C19H26N2O3S. The molecular weight excluding hydrogens is 336 g/mol. The van der Waals surface area contributed by atoms with E-state index in [2.05, 4.69) is 4.90 Å². The normalized spacial score (nSPS) is 27.4. The minimum Gasteiger partial charge on any atom is -0.507 e. The lowest BCUT2D eigenvalue weighted by molar-refractivity contribution is -0.160. The van der Waals surface area contributed by atoms with Gasteiger partial charge in [0.1, 0.15) is 22.4 Å². The SMILES string of the molecule is CN1[C@@H](C(=O)OC(C)(C)C)CC[C@H]1[C@@H]1CSC(c2ccccc2O)=N1. The predicted molar refractivity (Wildman–Crippen MR) is 101 cm³/mol. The topological polar surface area (TPSA) is 62.1 Å². The van der Waals surface area contributed by atoms with Crippen molar-refractivity contribution in [3.8, 4) is 5.75 Å². The summed E-state index contributed by atoms with van der Waals surface area (Å²) in [4.78, 5) is 19.4. The van der Waals surface area contributed by atoms with Crippen LogP contribution in [0.25, 0.3) is 0 Å². The highest BCUT2D eigenvalue weighted by Gasteiger charge is 2.42. The summed E-state index contributed by atoms with van der Waals surface area (Å²) in [7, 11) is 1.99. The molecule has 3 rings (SSSR count). The third-order valence-corrected chi connectivity index (χ3v) is 5.79. The maximum Gasteiger partial charge on any atom is 0.323 e. The third kappa shape index (κ3) is 4.01. The summed E-state index contributed by atoms with van der Waals surface area (Å²) in [5, 5.41) is 10.9. The third-order valence-electron chi connectivity index (χ3n) is 4.68. The van der Waals surface area contributed by atoms with Crippen LogP contribution in [0.3, 0.4) is 0 Å². The van der Waals surface area contributed by atoms with Crippen LogP contribution in [-0.4, -0.2) is 57.5 Å². The predicted octanol–water partition coefficient (Wildman–Crippen LogP) is 3.06. The van der Waals surface area contributed by atoms with Crippen molar-refractivity contribution in [1.29, 1.82) is 0 Å². The molecule has 0 aliphatic carbocycles. The summed E-state index contributed by atoms with van der Waals surface area (Å²) < 4.78 is 5.55. The van der Waals surface area contributed by atoms with Crippen LogP contribution in [0.1, 0.15) is 39.2 Å². The number of rotatable bonds is 3. The average Bonchev–Trinajstić information content (AvgIpc) is 3.12. The van der Waals surface area contributed by atoms with Crippen molar-refractivity contribution < 1.29 is 14.6 Å². The van der Waals surface area contributed by atoms with Crippen LogP contribution in [0.2, 0.25) is 0 Å². The molecule has 0 aromatic heterocycles. The number of aromatic hydroxyl groups is 1. The summed E-state index contributed by atoms with van der Waals surface area (Å²) >= 11 is 1.67. The highest BCUT2D eigenvalue weighted by molar-refractivity contribution is 8.14. The van der Waals surface area contributed by atoms with E-state index in [9.17, 15) is 9.90 Å². The molecule has 0 spiro atoms. The number of likely N-dealkylation sites (tertiary alicyclic amines) is 1. The first-order valence-corrected chi connectivity index (χ1v) is 9.68. The fraction of sp³-hybridized carbons (Fsp3) is 0.579. The van der Waals surface area contributed by atoms with E-state index in [1.807, 2.05) is 46.0 Å². The summed E-state index contributed by atoms with van der Waals surface area (Å²) in [5.41, 5.74) is 0.328. The Balaban J connectivity index is 1.70. The molecule has 0 unspecified atom stereocenters. The van der Waals surface area contributed by atoms with Crippen LogP contribution in [0.5, 0.6) is 5.75 Å². The van der Waals surface area contributed by atoms with Gasteiger partial charge in [-0.1, -0.05) is 12.1 Å². The van der Waals surface area contributed by atoms with Crippen LogP contribution >= 0.6 is 11.8 Å². The van der Waals surface area contributed by atoms with Gasteiger partial charge in [-0.25, -0.2) is 0 Å². The van der Waals surface area contributed by atoms with Crippen LogP contribution in [0.15, 0.2) is 29.3 Å². The maximum absolute atomic E-state index is 12.4. The lowest BCUT2D eigenvalue weighted by atomic mass is 10.1. The van der Waals surface area contributed by atoms with Crippen molar-refractivity contribution in [3.05, 3.63) is 29.8 Å². The second-order valence-corrected chi connectivity index (χ2v) is 8.70. The number of aliphatic imine (C=N–C) groups is 1. The second kappa shape index (κ2) is 7.00. The Kier molecular flexibility index (Phi) is 5.11. The van der Waals surface area contributed by atoms with E-state index >= 15 is 0 Å². The molecule has 0 radical (unpaired) electrons. The number of carbonyl (C=O) groups is 1. The molecule has 6 heteroatoms. The van der Waals surface area contributed by atoms with Crippen molar-refractivity contribution in [2.45, 2.75) is 57.3 Å². The zero-order valence-electron chi connectivity index (χ0n) is 15.2. The van der Waals surface area contributed by atoms with Gasteiger partial charge in [0.15, 0.2) is 0 Å². The number of phenolic OH excluding ortho intramolecular Hbond substituents is 1. The Morgan fingerprint density at radius 3 is 2.72 bits per heavy atom. The van der Waals surface area contributed by atoms with E-state index < -0.39 is 5.60 Å². The Morgan fingerprint density at radius 2 is 2.04 bits per heavy atom. The molecule has 136 valence electrons. The van der Waals surface area contributed by atoms with Gasteiger partial charge in [-0.15, -0.1) is 11.8 Å². The molecule has 0 amide bonds. The maximum atomic E-state index is 12.4. The number of thioether (sulfide) groups is 1. The van der Waals surface area contributed by atoms with Gasteiger partial charge in [0.25, 0.3) is 0 Å². The molecule has 2 aliphatic rings. The number of hydrogen-bond acceptors (Lipinski definition) is 6. The molecule has 5 nitrogen and oxygen atoms in total. The first-order valence-electron chi connectivity index (χ1n) is 8.70. The monoisotopic (exact) mass is 362 g/mol. The van der Waals surface area contributed by atoms with Crippen LogP contribution < -0.4 is 0 Å². The molecule has 1 fully saturated rings. The lowest BCUT2D eigenvalue weighted by Crippen LogP contribution is -2.44. The summed E-state index contributed by atoms with van der Waals surface area (Å²) in [6.45, 7) is 5.69. The Labute approximate surface area is 153 Å².